The van der Waals surface area contributed by atoms with Crippen LogP contribution in [0.1, 0.15) is 6.42 Å². The van der Waals surface area contributed by atoms with Gasteiger partial charge in [-0.05, 0) is 12.1 Å². The Balaban J connectivity index is 2.19. The minimum absolute atomic E-state index is 0.141. The number of hydrogen-bond donors (Lipinski definition) is 1. The van der Waals surface area contributed by atoms with Crippen molar-refractivity contribution in [1.82, 2.24) is 4.72 Å². The molecular formula is C10H10N2O6S. The first-order chi connectivity index (χ1) is 8.90. The molecule has 0 bridgehead atoms. The Morgan fingerprint density at radius 3 is 2.42 bits per heavy atom. The summed E-state index contributed by atoms with van der Waals surface area (Å²) in [5.41, 5.74) is -0.209. The fourth-order valence-electron chi connectivity index (χ4n) is 1.61. The highest BCUT2D eigenvalue weighted by Crippen LogP contribution is 2.17. The van der Waals surface area contributed by atoms with Crippen LogP contribution in [0.15, 0.2) is 29.2 Å². The number of carbonyl (C=O) groups excluding carboxylic acids is 1. The van der Waals surface area contributed by atoms with Crippen molar-refractivity contribution in [3.8, 4) is 0 Å². The predicted octanol–water partition coefficient (Wildman–Crippen LogP) is 0.189. The number of hydrogen-bond acceptors (Lipinski definition) is 6. The lowest BCUT2D eigenvalue weighted by Gasteiger charge is -2.09. The number of esters is 1. The topological polar surface area (TPSA) is 116 Å². The van der Waals surface area contributed by atoms with E-state index in [-0.39, 0.29) is 23.6 Å². The van der Waals surface area contributed by atoms with Crippen LogP contribution >= 0.6 is 0 Å². The molecule has 0 aliphatic carbocycles. The van der Waals surface area contributed by atoms with Crippen LogP contribution < -0.4 is 4.72 Å². The second-order valence-corrected chi connectivity index (χ2v) is 5.60. The van der Waals surface area contributed by atoms with E-state index in [9.17, 15) is 23.3 Å². The lowest BCUT2D eigenvalue weighted by Crippen LogP contribution is -2.37. The standard InChI is InChI=1S/C10H10N2O6S/c13-10-9(5-6-18-10)11-19(16,17)8-3-1-7(2-4-8)12(14)15/h1-4,9,11H,5-6H2/t9-/m1/s1. The molecule has 1 saturated heterocycles. The molecule has 102 valence electrons. The normalized spacial score (nSPS) is 19.2. The molecule has 0 unspecified atom stereocenters. The summed E-state index contributed by atoms with van der Waals surface area (Å²) in [6.45, 7) is 0.173. The summed E-state index contributed by atoms with van der Waals surface area (Å²) in [5, 5.41) is 10.5. The smallest absolute Gasteiger partial charge is 0.324 e. The molecule has 9 heteroatoms. The van der Waals surface area contributed by atoms with Gasteiger partial charge in [-0.25, -0.2) is 8.42 Å². The van der Waals surface area contributed by atoms with E-state index < -0.39 is 27.0 Å². The molecule has 1 aromatic rings. The summed E-state index contributed by atoms with van der Waals surface area (Å²) in [6.07, 6.45) is 0.269. The van der Waals surface area contributed by atoms with E-state index in [1.54, 1.807) is 0 Å². The Hall–Kier alpha value is -2.00. The fraction of sp³-hybridized carbons (Fsp3) is 0.300. The zero-order valence-electron chi connectivity index (χ0n) is 9.61. The second kappa shape index (κ2) is 4.94. The van der Waals surface area contributed by atoms with Crippen molar-refractivity contribution in [2.24, 2.45) is 0 Å². The molecule has 1 N–H and O–H groups in total. The number of sulfonamides is 1. The molecule has 0 aromatic heterocycles. The highest BCUT2D eigenvalue weighted by Gasteiger charge is 2.31. The summed E-state index contributed by atoms with van der Waals surface area (Å²) in [7, 11) is -3.89. The van der Waals surface area contributed by atoms with Crippen molar-refractivity contribution in [2.75, 3.05) is 6.61 Å². The van der Waals surface area contributed by atoms with Gasteiger partial charge in [0.25, 0.3) is 5.69 Å². The number of ether oxygens (including phenoxy) is 1. The number of nitrogens with zero attached hydrogens (tertiary/aromatic N) is 1. The van der Waals surface area contributed by atoms with Gasteiger partial charge in [0.2, 0.25) is 10.0 Å². The van der Waals surface area contributed by atoms with E-state index in [0.717, 1.165) is 24.3 Å². The van der Waals surface area contributed by atoms with Gasteiger partial charge in [-0.1, -0.05) is 0 Å². The van der Waals surface area contributed by atoms with Gasteiger partial charge in [0.15, 0.2) is 0 Å². The van der Waals surface area contributed by atoms with Gasteiger partial charge in [-0.15, -0.1) is 0 Å². The number of carbonyl (C=O) groups is 1. The molecule has 1 heterocycles. The van der Waals surface area contributed by atoms with Gasteiger partial charge in [0.1, 0.15) is 6.04 Å². The maximum absolute atomic E-state index is 11.9. The number of cyclic esters (lactones) is 1. The Morgan fingerprint density at radius 2 is 1.95 bits per heavy atom. The van der Waals surface area contributed by atoms with Gasteiger partial charge in [-0.3, -0.25) is 14.9 Å². The summed E-state index contributed by atoms with van der Waals surface area (Å²) in [6, 6.07) is 3.49. The average Bonchev–Trinajstić information content (AvgIpc) is 2.74. The Morgan fingerprint density at radius 1 is 1.32 bits per heavy atom. The first-order valence-electron chi connectivity index (χ1n) is 5.33. The van der Waals surface area contributed by atoms with Gasteiger partial charge in [0, 0.05) is 18.6 Å². The average molecular weight is 286 g/mol. The monoisotopic (exact) mass is 286 g/mol. The van der Waals surface area contributed by atoms with Crippen molar-refractivity contribution < 1.29 is 22.9 Å². The number of nitro groups is 1. The van der Waals surface area contributed by atoms with Gasteiger partial charge >= 0.3 is 5.97 Å². The van der Waals surface area contributed by atoms with Crippen LogP contribution in [0.4, 0.5) is 5.69 Å². The van der Waals surface area contributed by atoms with Gasteiger partial charge in [0.05, 0.1) is 16.4 Å². The van der Waals surface area contributed by atoms with Crippen LogP contribution in [0.3, 0.4) is 0 Å². The summed E-state index contributed by atoms with van der Waals surface area (Å²) in [4.78, 5) is 20.9. The van der Waals surface area contributed by atoms with E-state index in [4.69, 9.17) is 0 Å². The fourth-order valence-corrected chi connectivity index (χ4v) is 2.82. The number of nitro benzene ring substituents is 1. The molecule has 0 amide bonds. The molecule has 0 radical (unpaired) electrons. The lowest BCUT2D eigenvalue weighted by molar-refractivity contribution is -0.384. The van der Waals surface area contributed by atoms with Gasteiger partial charge < -0.3 is 4.74 Å². The third-order valence-electron chi connectivity index (χ3n) is 2.59. The maximum atomic E-state index is 11.9. The highest BCUT2D eigenvalue weighted by molar-refractivity contribution is 7.89. The summed E-state index contributed by atoms with van der Waals surface area (Å²) < 4.78 is 30.7. The number of benzene rings is 1. The third kappa shape index (κ3) is 2.88. The summed E-state index contributed by atoms with van der Waals surface area (Å²) in [5.74, 6) is -0.620. The van der Waals surface area contributed by atoms with E-state index in [0.29, 0.717) is 0 Å². The van der Waals surface area contributed by atoms with Gasteiger partial charge in [-0.2, -0.15) is 4.72 Å². The molecule has 1 atom stereocenters. The van der Waals surface area contributed by atoms with Crippen LogP contribution in [0, 0.1) is 10.1 Å². The Bertz CT molecular complexity index is 609. The van der Waals surface area contributed by atoms with Crippen LogP contribution in [-0.4, -0.2) is 32.0 Å². The SMILES string of the molecule is O=C1OCC[C@H]1NS(=O)(=O)c1ccc([N+](=O)[O-])cc1. The molecule has 19 heavy (non-hydrogen) atoms. The number of nitrogens with one attached hydrogen (secondary N) is 1. The van der Waals surface area contributed by atoms with Crippen molar-refractivity contribution >= 4 is 21.7 Å². The number of non-ortho nitro benzene ring substituents is 1. The molecule has 1 aliphatic rings. The molecule has 2 rings (SSSR count). The first-order valence-corrected chi connectivity index (χ1v) is 6.82. The van der Waals surface area contributed by atoms with Crippen LogP contribution in [0.2, 0.25) is 0 Å². The Labute approximate surface area is 108 Å². The van der Waals surface area contributed by atoms with Crippen molar-refractivity contribution in [2.45, 2.75) is 17.4 Å². The van der Waals surface area contributed by atoms with Crippen LogP contribution in [0.25, 0.3) is 0 Å². The van der Waals surface area contributed by atoms with Crippen LogP contribution in [-0.2, 0) is 19.6 Å². The Kier molecular flexibility index (Phi) is 3.49. The minimum Gasteiger partial charge on any atom is -0.464 e. The zero-order valence-corrected chi connectivity index (χ0v) is 10.4. The maximum Gasteiger partial charge on any atom is 0.324 e. The predicted molar refractivity (Wildman–Crippen MR) is 62.8 cm³/mol. The molecule has 1 fully saturated rings. The lowest BCUT2D eigenvalue weighted by atomic mass is 10.3. The molecular weight excluding hydrogens is 276 g/mol. The van der Waals surface area contributed by atoms with E-state index in [1.165, 1.54) is 0 Å². The second-order valence-electron chi connectivity index (χ2n) is 3.88. The number of rotatable bonds is 4. The van der Waals surface area contributed by atoms with Crippen molar-refractivity contribution in [3.05, 3.63) is 34.4 Å². The largest absolute Gasteiger partial charge is 0.464 e. The molecule has 0 spiro atoms. The quantitative estimate of drug-likeness (QED) is 0.480. The van der Waals surface area contributed by atoms with Crippen molar-refractivity contribution in [1.29, 1.82) is 0 Å². The third-order valence-corrected chi connectivity index (χ3v) is 4.08. The van der Waals surface area contributed by atoms with E-state index >= 15 is 0 Å². The minimum atomic E-state index is -3.89. The summed E-state index contributed by atoms with van der Waals surface area (Å²) >= 11 is 0. The zero-order chi connectivity index (χ0) is 14.0. The first kappa shape index (κ1) is 13.4. The van der Waals surface area contributed by atoms with E-state index in [2.05, 4.69) is 9.46 Å². The molecule has 1 aliphatic heterocycles. The molecule has 8 nitrogen and oxygen atoms in total. The molecule has 1 aromatic carbocycles. The van der Waals surface area contributed by atoms with E-state index in [1.807, 2.05) is 0 Å². The van der Waals surface area contributed by atoms with Crippen molar-refractivity contribution in [3.63, 3.8) is 0 Å². The molecule has 0 saturated carbocycles. The van der Waals surface area contributed by atoms with Crippen LogP contribution in [0.5, 0.6) is 0 Å². The highest BCUT2D eigenvalue weighted by atomic mass is 32.2.